The quantitative estimate of drug-likeness (QED) is 0.367. The lowest BCUT2D eigenvalue weighted by molar-refractivity contribution is -0.807. The molecule has 0 fully saturated rings. The molecule has 0 aromatic heterocycles. The highest BCUT2D eigenvalue weighted by Gasteiger charge is 2.40. The molecule has 4 heteroatoms. The van der Waals surface area contributed by atoms with Gasteiger partial charge in [-0.2, -0.15) is 0 Å². The van der Waals surface area contributed by atoms with Gasteiger partial charge in [0.15, 0.2) is 0 Å². The van der Waals surface area contributed by atoms with Crippen LogP contribution in [0.4, 0.5) is 0 Å². The molecule has 1 unspecified atom stereocenters. The van der Waals surface area contributed by atoms with Crippen LogP contribution in [0.25, 0.3) is 17.7 Å². The van der Waals surface area contributed by atoms with Crippen LogP contribution < -0.4 is 25.9 Å². The van der Waals surface area contributed by atoms with E-state index >= 15 is 0 Å². The van der Waals surface area contributed by atoms with Gasteiger partial charge in [-0.15, -0.1) is 0 Å². The number of hydrogen-bond acceptors (Lipinski definition) is 1. The zero-order chi connectivity index (χ0) is 22.4. The van der Waals surface area contributed by atoms with E-state index in [9.17, 15) is 0 Å². The van der Waals surface area contributed by atoms with Crippen LogP contribution in [0.2, 0.25) is 0 Å². The highest BCUT2D eigenvalue weighted by molar-refractivity contribution is 6.14. The Kier molecular flexibility index (Phi) is 4.34. The molecule has 4 nitrogen and oxygen atoms in total. The molecule has 1 atom stereocenters. The second-order valence-electron chi connectivity index (χ2n) is 8.59. The SMILES string of the molecule is C=c1ccc2c(c1)-c1c(cccc1C1=[NH+]C(C)(c3ccccc3)[NH+]=C(c3ccccc3)N1)[O+]=2. The number of benzene rings is 4. The second kappa shape index (κ2) is 7.38. The van der Waals surface area contributed by atoms with Crippen LogP contribution in [0.15, 0.2) is 101 Å². The van der Waals surface area contributed by atoms with E-state index in [1.807, 2.05) is 48.5 Å². The molecule has 2 aliphatic heterocycles. The minimum atomic E-state index is -0.522. The highest BCUT2D eigenvalue weighted by atomic mass is 16.4. The van der Waals surface area contributed by atoms with Crippen molar-refractivity contribution in [2.24, 2.45) is 0 Å². The van der Waals surface area contributed by atoms with Crippen molar-refractivity contribution in [3.05, 3.63) is 129 Å². The van der Waals surface area contributed by atoms with Crippen molar-refractivity contribution < 1.29 is 9.98 Å². The fourth-order valence-electron chi connectivity index (χ4n) is 4.60. The Morgan fingerprint density at radius 1 is 0.758 bits per heavy atom. The maximum absolute atomic E-state index is 6.17. The number of amidine groups is 2. The van der Waals surface area contributed by atoms with E-state index in [1.165, 1.54) is 0 Å². The van der Waals surface area contributed by atoms with Gasteiger partial charge in [0.05, 0.1) is 16.7 Å². The van der Waals surface area contributed by atoms with E-state index in [-0.39, 0.29) is 0 Å². The summed E-state index contributed by atoms with van der Waals surface area (Å²) in [4.78, 5) is 7.43. The third-order valence-corrected chi connectivity index (χ3v) is 6.24. The van der Waals surface area contributed by atoms with Gasteiger partial charge in [0, 0.05) is 24.6 Å². The fraction of sp³-hybridized carbons (Fsp3) is 0.0690. The van der Waals surface area contributed by atoms with Gasteiger partial charge in [0.2, 0.25) is 0 Å². The molecule has 0 saturated heterocycles. The Morgan fingerprint density at radius 3 is 2.27 bits per heavy atom. The van der Waals surface area contributed by atoms with Crippen LogP contribution >= 0.6 is 0 Å². The van der Waals surface area contributed by atoms with E-state index in [2.05, 4.69) is 77.3 Å². The fourth-order valence-corrected chi connectivity index (χ4v) is 4.60. The van der Waals surface area contributed by atoms with Crippen molar-refractivity contribution in [2.75, 3.05) is 0 Å². The van der Waals surface area contributed by atoms with Crippen LogP contribution in [0, 0.1) is 0 Å². The molecule has 0 bridgehead atoms. The first kappa shape index (κ1) is 19.4. The normalized spacial score (nSPS) is 18.3. The summed E-state index contributed by atoms with van der Waals surface area (Å²) in [6, 6.07) is 33.0. The van der Waals surface area contributed by atoms with Crippen LogP contribution in [0.5, 0.6) is 5.75 Å². The number of rotatable bonds is 3. The van der Waals surface area contributed by atoms with Crippen molar-refractivity contribution in [2.45, 2.75) is 12.6 Å². The lowest BCUT2D eigenvalue weighted by atomic mass is 9.96. The van der Waals surface area contributed by atoms with Crippen LogP contribution in [0.3, 0.4) is 0 Å². The van der Waals surface area contributed by atoms with Gasteiger partial charge < -0.3 is 0 Å². The summed E-state index contributed by atoms with van der Waals surface area (Å²) in [6.07, 6.45) is 0. The molecule has 0 saturated carbocycles. The van der Waals surface area contributed by atoms with Crippen LogP contribution in [-0.2, 0) is 5.66 Å². The smallest absolute Gasteiger partial charge is 0.228 e. The largest absolute Gasteiger partial charge is 0.362 e. The maximum atomic E-state index is 6.17. The standard InChI is InChI=1S/C29H22N3O/c1-19-16-17-24-23(18-19)26-22(14-9-15-25(26)33-24)28-30-27(20-10-5-3-6-11-20)31-29(2,32-28)21-12-7-4-8-13-21/h3-18H,1H2,2H3,(H,30,31,32)/q+1/p+2. The molecule has 158 valence electrons. The molecule has 2 aliphatic rings. The molecular weight excluding hydrogens is 406 g/mol. The Labute approximate surface area is 192 Å². The second-order valence-corrected chi connectivity index (χ2v) is 8.59. The lowest BCUT2D eigenvalue weighted by Gasteiger charge is -2.23. The van der Waals surface area contributed by atoms with E-state index in [0.29, 0.717) is 0 Å². The summed E-state index contributed by atoms with van der Waals surface area (Å²) in [5.74, 6) is 2.71. The molecule has 0 radical (unpaired) electrons. The highest BCUT2D eigenvalue weighted by Crippen LogP contribution is 2.36. The lowest BCUT2D eigenvalue weighted by Crippen LogP contribution is -3.11. The first-order valence-corrected chi connectivity index (χ1v) is 11.1. The first-order valence-electron chi connectivity index (χ1n) is 11.1. The average molecular weight is 431 g/mol. The molecule has 4 aromatic rings. The number of hydrogen-bond donors (Lipinski definition) is 3. The van der Waals surface area contributed by atoms with Crippen molar-refractivity contribution in [1.82, 2.24) is 5.32 Å². The van der Waals surface area contributed by atoms with Gasteiger partial charge in [-0.25, -0.2) is 19.7 Å². The predicted octanol–water partition coefficient (Wildman–Crippen LogP) is 0.936. The third-order valence-electron chi connectivity index (χ3n) is 6.24. The van der Waals surface area contributed by atoms with Gasteiger partial charge in [-0.3, -0.25) is 0 Å². The minimum Gasteiger partial charge on any atom is -0.228 e. The third kappa shape index (κ3) is 3.28. The van der Waals surface area contributed by atoms with Crippen molar-refractivity contribution >= 4 is 18.3 Å². The summed E-state index contributed by atoms with van der Waals surface area (Å²) in [5.41, 5.74) is 5.74. The summed E-state index contributed by atoms with van der Waals surface area (Å²) in [6.45, 7) is 6.28. The zero-order valence-corrected chi connectivity index (χ0v) is 18.4. The minimum absolute atomic E-state index is 0.522. The average Bonchev–Trinajstić information content (AvgIpc) is 3.23. The maximum Gasteiger partial charge on any atom is 0.362 e. The Bertz CT molecular complexity index is 1560. The van der Waals surface area contributed by atoms with Crippen molar-refractivity contribution in [3.8, 4) is 16.9 Å². The van der Waals surface area contributed by atoms with Gasteiger partial charge >= 0.3 is 11.2 Å². The number of nitrogens with one attached hydrogen (secondary N) is 3. The first-order chi connectivity index (χ1) is 16.1. The van der Waals surface area contributed by atoms with E-state index < -0.39 is 5.66 Å². The summed E-state index contributed by atoms with van der Waals surface area (Å²) in [7, 11) is 0. The molecule has 2 heterocycles. The van der Waals surface area contributed by atoms with E-state index in [4.69, 9.17) is 4.42 Å². The Hall–Kier alpha value is -4.31. The van der Waals surface area contributed by atoms with E-state index in [1.54, 1.807) is 0 Å². The van der Waals surface area contributed by atoms with Gasteiger partial charge in [-0.05, 0) is 35.6 Å². The van der Waals surface area contributed by atoms with Crippen molar-refractivity contribution in [3.63, 3.8) is 0 Å². The molecular formula is C29H24N3O+3. The molecule has 0 spiro atoms. The summed E-state index contributed by atoms with van der Waals surface area (Å²) >= 11 is 0. The Balaban J connectivity index is 1.56. The van der Waals surface area contributed by atoms with Gasteiger partial charge in [0.25, 0.3) is 17.3 Å². The zero-order valence-electron chi connectivity index (χ0n) is 18.4. The van der Waals surface area contributed by atoms with E-state index in [0.717, 1.165) is 55.9 Å². The van der Waals surface area contributed by atoms with Gasteiger partial charge in [0.1, 0.15) is 5.56 Å². The molecule has 6 rings (SSSR count). The molecule has 3 N–H and O–H groups in total. The Morgan fingerprint density at radius 2 is 1.48 bits per heavy atom. The monoisotopic (exact) mass is 430 g/mol. The molecule has 33 heavy (non-hydrogen) atoms. The van der Waals surface area contributed by atoms with Crippen LogP contribution in [0.1, 0.15) is 23.6 Å². The predicted molar refractivity (Wildman–Crippen MR) is 132 cm³/mol. The van der Waals surface area contributed by atoms with Gasteiger partial charge in [-0.1, -0.05) is 61.2 Å². The summed E-state index contributed by atoms with van der Waals surface area (Å²) < 4.78 is 6.17. The topological polar surface area (TPSA) is 51.3 Å². The summed E-state index contributed by atoms with van der Waals surface area (Å²) in [5, 5.41) is 4.59. The van der Waals surface area contributed by atoms with Crippen molar-refractivity contribution in [1.29, 1.82) is 0 Å². The number of fused-ring (bicyclic) bond motifs is 3. The van der Waals surface area contributed by atoms with Crippen LogP contribution in [-0.4, -0.2) is 11.7 Å². The molecule has 0 amide bonds. The molecule has 0 aliphatic carbocycles. The molecule has 4 aromatic carbocycles.